The summed E-state index contributed by atoms with van der Waals surface area (Å²) in [5.41, 5.74) is 0. The van der Waals surface area contributed by atoms with Crippen LogP contribution in [0.4, 0.5) is 0 Å². The minimum Gasteiger partial charge on any atom is -0.337 e. The Morgan fingerprint density at radius 3 is 2.25 bits per heavy atom. The van der Waals surface area contributed by atoms with Gasteiger partial charge >= 0.3 is 0 Å². The Balaban J connectivity index is 3.80. The molecule has 0 saturated heterocycles. The fraction of sp³-hybridized carbons (Fsp3) is 0.167. The van der Waals surface area contributed by atoms with Gasteiger partial charge in [-0.25, -0.2) is 0 Å². The van der Waals surface area contributed by atoms with Crippen molar-refractivity contribution in [3.8, 4) is 0 Å². The van der Waals surface area contributed by atoms with E-state index in [-0.39, 0.29) is 0 Å². The summed E-state index contributed by atoms with van der Waals surface area (Å²) in [6.07, 6.45) is 3.02. The Bertz CT molecular complexity index is 116. The average molecular weight is 110 g/mol. The SMILES string of the molecule is C=CC(=N)N(C)C=C. The predicted octanol–water partition coefficient (Wildman–Crippen LogP) is 1.22. The lowest BCUT2D eigenvalue weighted by Crippen LogP contribution is -2.16. The molecule has 1 N–H and O–H groups in total. The van der Waals surface area contributed by atoms with E-state index in [1.807, 2.05) is 0 Å². The first-order valence-electron chi connectivity index (χ1n) is 2.28. The lowest BCUT2D eigenvalue weighted by Gasteiger charge is -2.08. The van der Waals surface area contributed by atoms with Gasteiger partial charge in [0.15, 0.2) is 0 Å². The lowest BCUT2D eigenvalue weighted by molar-refractivity contribution is 0.690. The van der Waals surface area contributed by atoms with Crippen molar-refractivity contribution in [2.75, 3.05) is 7.05 Å². The monoisotopic (exact) mass is 110 g/mol. The first-order chi connectivity index (χ1) is 3.72. The zero-order chi connectivity index (χ0) is 6.57. The van der Waals surface area contributed by atoms with Crippen LogP contribution in [0.15, 0.2) is 25.4 Å². The Morgan fingerprint density at radius 2 is 2.12 bits per heavy atom. The van der Waals surface area contributed by atoms with E-state index in [0.717, 1.165) is 0 Å². The molecule has 0 amide bonds. The summed E-state index contributed by atoms with van der Waals surface area (Å²) in [4.78, 5) is 1.58. The van der Waals surface area contributed by atoms with Crippen molar-refractivity contribution in [1.82, 2.24) is 4.90 Å². The third-order valence-electron chi connectivity index (χ3n) is 0.847. The van der Waals surface area contributed by atoms with Gasteiger partial charge in [0.2, 0.25) is 0 Å². The summed E-state index contributed by atoms with van der Waals surface area (Å²) >= 11 is 0. The Kier molecular flexibility index (Phi) is 2.62. The molecule has 2 nitrogen and oxygen atoms in total. The smallest absolute Gasteiger partial charge is 0.123 e. The number of nitrogens with zero attached hydrogens (tertiary/aromatic N) is 1. The zero-order valence-electron chi connectivity index (χ0n) is 5.02. The highest BCUT2D eigenvalue weighted by molar-refractivity contribution is 5.90. The van der Waals surface area contributed by atoms with E-state index in [1.165, 1.54) is 6.08 Å². The van der Waals surface area contributed by atoms with Gasteiger partial charge in [-0.3, -0.25) is 5.41 Å². The van der Waals surface area contributed by atoms with Crippen LogP contribution in [0.1, 0.15) is 0 Å². The van der Waals surface area contributed by atoms with Crippen molar-refractivity contribution < 1.29 is 0 Å². The zero-order valence-corrected chi connectivity index (χ0v) is 5.02. The molecule has 0 atom stereocenters. The average Bonchev–Trinajstić information content (AvgIpc) is 1.84. The summed E-state index contributed by atoms with van der Waals surface area (Å²) < 4.78 is 0. The molecule has 0 radical (unpaired) electrons. The van der Waals surface area contributed by atoms with Gasteiger partial charge in [-0.15, -0.1) is 0 Å². The summed E-state index contributed by atoms with van der Waals surface area (Å²) in [6, 6.07) is 0. The van der Waals surface area contributed by atoms with Crippen LogP contribution in [0, 0.1) is 5.41 Å². The maximum atomic E-state index is 7.08. The molecule has 44 valence electrons. The van der Waals surface area contributed by atoms with E-state index >= 15 is 0 Å². The van der Waals surface area contributed by atoms with Gasteiger partial charge < -0.3 is 4.90 Å². The van der Waals surface area contributed by atoms with Gasteiger partial charge in [0, 0.05) is 7.05 Å². The molecule has 0 rings (SSSR count). The molecule has 0 aliphatic rings. The molecule has 0 bridgehead atoms. The van der Waals surface area contributed by atoms with Gasteiger partial charge in [0.1, 0.15) is 5.84 Å². The summed E-state index contributed by atoms with van der Waals surface area (Å²) in [5, 5.41) is 7.08. The summed E-state index contributed by atoms with van der Waals surface area (Å²) in [7, 11) is 1.75. The maximum absolute atomic E-state index is 7.08. The highest BCUT2D eigenvalue weighted by Crippen LogP contribution is 1.83. The number of hydrogen-bond acceptors (Lipinski definition) is 1. The number of amidine groups is 1. The van der Waals surface area contributed by atoms with Crippen LogP contribution in [0.25, 0.3) is 0 Å². The van der Waals surface area contributed by atoms with Crippen molar-refractivity contribution in [1.29, 1.82) is 5.41 Å². The molecular weight excluding hydrogens is 100 g/mol. The fourth-order valence-corrected chi connectivity index (χ4v) is 0.242. The van der Waals surface area contributed by atoms with E-state index in [9.17, 15) is 0 Å². The second kappa shape index (κ2) is 3.02. The fourth-order valence-electron chi connectivity index (χ4n) is 0.242. The Hall–Kier alpha value is -1.05. The molecular formula is C6H10N2. The molecule has 2 heteroatoms. The van der Waals surface area contributed by atoms with Gasteiger partial charge in [-0.05, 0) is 12.3 Å². The van der Waals surface area contributed by atoms with Crippen molar-refractivity contribution in [3.05, 3.63) is 25.4 Å². The standard InChI is InChI=1S/C6H10N2/c1-4-6(7)8(3)5-2/h4-5,7H,1-2H2,3H3. The minimum absolute atomic E-state index is 0.361. The second-order valence-electron chi connectivity index (χ2n) is 1.38. The van der Waals surface area contributed by atoms with E-state index in [1.54, 1.807) is 18.1 Å². The van der Waals surface area contributed by atoms with Crippen molar-refractivity contribution in [2.24, 2.45) is 0 Å². The van der Waals surface area contributed by atoms with Crippen LogP contribution < -0.4 is 0 Å². The molecule has 0 aromatic rings. The third kappa shape index (κ3) is 1.60. The normalized spacial score (nSPS) is 7.62. The molecule has 0 saturated carbocycles. The molecule has 0 fully saturated rings. The second-order valence-corrected chi connectivity index (χ2v) is 1.38. The van der Waals surface area contributed by atoms with E-state index in [0.29, 0.717) is 5.84 Å². The van der Waals surface area contributed by atoms with Crippen LogP contribution in [0.3, 0.4) is 0 Å². The van der Waals surface area contributed by atoms with Crippen molar-refractivity contribution in [3.63, 3.8) is 0 Å². The van der Waals surface area contributed by atoms with Crippen LogP contribution in [-0.4, -0.2) is 17.8 Å². The molecule has 8 heavy (non-hydrogen) atoms. The molecule has 0 aliphatic carbocycles. The minimum atomic E-state index is 0.361. The number of hydrogen-bond donors (Lipinski definition) is 1. The van der Waals surface area contributed by atoms with E-state index in [4.69, 9.17) is 5.41 Å². The van der Waals surface area contributed by atoms with Crippen LogP contribution in [-0.2, 0) is 0 Å². The predicted molar refractivity (Wildman–Crippen MR) is 35.9 cm³/mol. The Labute approximate surface area is 49.6 Å². The van der Waals surface area contributed by atoms with Crippen LogP contribution >= 0.6 is 0 Å². The Morgan fingerprint density at radius 1 is 1.62 bits per heavy atom. The molecule has 0 aliphatic heterocycles. The number of likely N-dealkylation sites (N-methyl/N-ethyl adjacent to an activating group) is 1. The molecule has 0 heterocycles. The molecule has 0 unspecified atom stereocenters. The number of rotatable bonds is 2. The van der Waals surface area contributed by atoms with Gasteiger partial charge in [-0.2, -0.15) is 0 Å². The molecule has 0 spiro atoms. The quantitative estimate of drug-likeness (QED) is 0.420. The number of nitrogens with one attached hydrogen (secondary N) is 1. The molecule has 0 aromatic heterocycles. The van der Waals surface area contributed by atoms with E-state index in [2.05, 4.69) is 13.2 Å². The third-order valence-corrected chi connectivity index (χ3v) is 0.847. The first kappa shape index (κ1) is 6.95. The van der Waals surface area contributed by atoms with Gasteiger partial charge in [0.05, 0.1) is 0 Å². The largest absolute Gasteiger partial charge is 0.337 e. The van der Waals surface area contributed by atoms with Crippen LogP contribution in [0.5, 0.6) is 0 Å². The summed E-state index contributed by atoms with van der Waals surface area (Å²) in [6.45, 7) is 6.88. The maximum Gasteiger partial charge on any atom is 0.123 e. The molecule has 0 aromatic carbocycles. The van der Waals surface area contributed by atoms with Crippen molar-refractivity contribution >= 4 is 5.84 Å². The topological polar surface area (TPSA) is 27.1 Å². The highest BCUT2D eigenvalue weighted by Gasteiger charge is 1.89. The van der Waals surface area contributed by atoms with Gasteiger partial charge in [0.25, 0.3) is 0 Å². The van der Waals surface area contributed by atoms with Gasteiger partial charge in [-0.1, -0.05) is 13.2 Å². The lowest BCUT2D eigenvalue weighted by atomic mass is 10.5. The first-order valence-corrected chi connectivity index (χ1v) is 2.28. The van der Waals surface area contributed by atoms with Crippen molar-refractivity contribution in [2.45, 2.75) is 0 Å². The van der Waals surface area contributed by atoms with Crippen LogP contribution in [0.2, 0.25) is 0 Å². The van der Waals surface area contributed by atoms with E-state index < -0.39 is 0 Å². The summed E-state index contributed by atoms with van der Waals surface area (Å²) in [5.74, 6) is 0.361. The highest BCUT2D eigenvalue weighted by atomic mass is 15.1.